The minimum absolute atomic E-state index is 0.249. The number of halogens is 1. The van der Waals surface area contributed by atoms with Gasteiger partial charge in [-0.3, -0.25) is 9.59 Å². The van der Waals surface area contributed by atoms with Crippen molar-refractivity contribution in [1.82, 2.24) is 5.32 Å². The van der Waals surface area contributed by atoms with Gasteiger partial charge < -0.3 is 15.2 Å². The lowest BCUT2D eigenvalue weighted by Gasteiger charge is -2.12. The van der Waals surface area contributed by atoms with Gasteiger partial charge in [0.25, 0.3) is 5.91 Å². The SMILES string of the molecule is C[C@@H](NC(=O)COc1ccc(-c2ccccc2)cc1Br)C(=O)O. The summed E-state index contributed by atoms with van der Waals surface area (Å²) >= 11 is 3.42. The number of carbonyl (C=O) groups excluding carboxylic acids is 1. The Morgan fingerprint density at radius 1 is 1.17 bits per heavy atom. The average Bonchev–Trinajstić information content (AvgIpc) is 2.54. The zero-order valence-corrected chi connectivity index (χ0v) is 14.0. The molecular formula is C17H16BrNO4. The zero-order chi connectivity index (χ0) is 16.8. The van der Waals surface area contributed by atoms with E-state index in [0.29, 0.717) is 5.75 Å². The van der Waals surface area contributed by atoms with E-state index in [1.54, 1.807) is 6.07 Å². The van der Waals surface area contributed by atoms with Gasteiger partial charge in [-0.15, -0.1) is 0 Å². The summed E-state index contributed by atoms with van der Waals surface area (Å²) in [5.74, 6) is -1.06. The summed E-state index contributed by atoms with van der Waals surface area (Å²) in [5.41, 5.74) is 2.10. The topological polar surface area (TPSA) is 75.6 Å². The number of carboxylic acid groups (broad SMARTS) is 1. The quantitative estimate of drug-likeness (QED) is 0.810. The Labute approximate surface area is 142 Å². The second-order valence-electron chi connectivity index (χ2n) is 4.93. The van der Waals surface area contributed by atoms with Gasteiger partial charge in [-0.25, -0.2) is 0 Å². The van der Waals surface area contributed by atoms with E-state index >= 15 is 0 Å². The van der Waals surface area contributed by atoms with Crippen molar-refractivity contribution in [2.45, 2.75) is 13.0 Å². The highest BCUT2D eigenvalue weighted by Gasteiger charge is 2.14. The first-order valence-electron chi connectivity index (χ1n) is 6.97. The Balaban J connectivity index is 1.99. The van der Waals surface area contributed by atoms with E-state index < -0.39 is 17.9 Å². The fourth-order valence-corrected chi connectivity index (χ4v) is 2.41. The Morgan fingerprint density at radius 2 is 1.87 bits per heavy atom. The molecule has 5 nitrogen and oxygen atoms in total. The third-order valence-electron chi connectivity index (χ3n) is 3.15. The van der Waals surface area contributed by atoms with Crippen molar-refractivity contribution >= 4 is 27.8 Å². The molecule has 1 atom stereocenters. The maximum atomic E-state index is 11.6. The van der Waals surface area contributed by atoms with Crippen LogP contribution in [0.25, 0.3) is 11.1 Å². The van der Waals surface area contributed by atoms with Gasteiger partial charge in [0.2, 0.25) is 0 Å². The Kier molecular flexibility index (Phi) is 5.76. The van der Waals surface area contributed by atoms with Crippen LogP contribution in [0.4, 0.5) is 0 Å². The van der Waals surface area contributed by atoms with Crippen LogP contribution in [0.1, 0.15) is 6.92 Å². The van der Waals surface area contributed by atoms with Gasteiger partial charge in [0.05, 0.1) is 4.47 Å². The highest BCUT2D eigenvalue weighted by atomic mass is 79.9. The maximum Gasteiger partial charge on any atom is 0.325 e. The van der Waals surface area contributed by atoms with Gasteiger partial charge in [-0.1, -0.05) is 36.4 Å². The van der Waals surface area contributed by atoms with Gasteiger partial charge in [-0.05, 0) is 46.1 Å². The number of nitrogens with one attached hydrogen (secondary N) is 1. The lowest BCUT2D eigenvalue weighted by molar-refractivity contribution is -0.141. The molecular weight excluding hydrogens is 362 g/mol. The molecule has 2 aromatic rings. The molecule has 0 unspecified atom stereocenters. The zero-order valence-electron chi connectivity index (χ0n) is 12.5. The molecule has 0 fully saturated rings. The van der Waals surface area contributed by atoms with Crippen LogP contribution < -0.4 is 10.1 Å². The largest absolute Gasteiger partial charge is 0.483 e. The summed E-state index contributed by atoms with van der Waals surface area (Å²) in [6.45, 7) is 1.14. The molecule has 120 valence electrons. The Bertz CT molecular complexity index is 703. The molecule has 23 heavy (non-hydrogen) atoms. The van der Waals surface area contributed by atoms with Crippen molar-refractivity contribution < 1.29 is 19.4 Å². The molecule has 0 aliphatic rings. The molecule has 0 spiro atoms. The van der Waals surface area contributed by atoms with E-state index in [9.17, 15) is 9.59 Å². The first kappa shape index (κ1) is 17.0. The number of carboxylic acids is 1. The summed E-state index contributed by atoms with van der Waals surface area (Å²) in [6, 6.07) is 14.5. The van der Waals surface area contributed by atoms with Crippen molar-refractivity contribution in [3.63, 3.8) is 0 Å². The van der Waals surface area contributed by atoms with Crippen LogP contribution in [0.15, 0.2) is 53.0 Å². The van der Waals surface area contributed by atoms with Crippen molar-refractivity contribution in [2.24, 2.45) is 0 Å². The van der Waals surface area contributed by atoms with E-state index in [0.717, 1.165) is 15.6 Å². The maximum absolute atomic E-state index is 11.6. The monoisotopic (exact) mass is 377 g/mol. The predicted octanol–water partition coefficient (Wildman–Crippen LogP) is 3.08. The number of hydrogen-bond donors (Lipinski definition) is 2. The summed E-state index contributed by atoms with van der Waals surface area (Å²) in [6.07, 6.45) is 0. The molecule has 0 saturated heterocycles. The molecule has 2 N–H and O–H groups in total. The van der Waals surface area contributed by atoms with Gasteiger partial charge >= 0.3 is 5.97 Å². The van der Waals surface area contributed by atoms with Gasteiger partial charge in [0.15, 0.2) is 6.61 Å². The van der Waals surface area contributed by atoms with Crippen LogP contribution in [0, 0.1) is 0 Å². The molecule has 1 amide bonds. The van der Waals surface area contributed by atoms with Crippen molar-refractivity contribution in [1.29, 1.82) is 0 Å². The second kappa shape index (κ2) is 7.78. The molecule has 0 radical (unpaired) electrons. The van der Waals surface area contributed by atoms with Crippen molar-refractivity contribution in [3.8, 4) is 16.9 Å². The molecule has 0 saturated carbocycles. The minimum Gasteiger partial charge on any atom is -0.483 e. The predicted molar refractivity (Wildman–Crippen MR) is 90.3 cm³/mol. The van der Waals surface area contributed by atoms with Crippen LogP contribution in [-0.4, -0.2) is 29.6 Å². The van der Waals surface area contributed by atoms with Crippen LogP contribution in [0.3, 0.4) is 0 Å². The Hall–Kier alpha value is -2.34. The number of rotatable bonds is 6. The number of carbonyl (C=O) groups is 2. The summed E-state index contributed by atoms with van der Waals surface area (Å²) in [4.78, 5) is 22.3. The number of amides is 1. The third-order valence-corrected chi connectivity index (χ3v) is 3.77. The fourth-order valence-electron chi connectivity index (χ4n) is 1.92. The van der Waals surface area contributed by atoms with Gasteiger partial charge in [0.1, 0.15) is 11.8 Å². The molecule has 0 aliphatic heterocycles. The number of hydrogen-bond acceptors (Lipinski definition) is 3. The molecule has 0 heterocycles. The van der Waals surface area contributed by atoms with Crippen LogP contribution >= 0.6 is 15.9 Å². The fraction of sp³-hybridized carbons (Fsp3) is 0.176. The molecule has 0 aromatic heterocycles. The highest BCUT2D eigenvalue weighted by Crippen LogP contribution is 2.30. The third kappa shape index (κ3) is 4.82. The van der Waals surface area contributed by atoms with Crippen molar-refractivity contribution in [2.75, 3.05) is 6.61 Å². The highest BCUT2D eigenvalue weighted by molar-refractivity contribution is 9.10. The smallest absolute Gasteiger partial charge is 0.325 e. The van der Waals surface area contributed by atoms with E-state index in [-0.39, 0.29) is 6.61 Å². The lowest BCUT2D eigenvalue weighted by Crippen LogP contribution is -2.40. The van der Waals surface area contributed by atoms with Gasteiger partial charge in [0, 0.05) is 0 Å². The van der Waals surface area contributed by atoms with Crippen LogP contribution in [0.2, 0.25) is 0 Å². The van der Waals surface area contributed by atoms with Gasteiger partial charge in [-0.2, -0.15) is 0 Å². The van der Waals surface area contributed by atoms with Crippen molar-refractivity contribution in [3.05, 3.63) is 53.0 Å². The lowest BCUT2D eigenvalue weighted by atomic mass is 10.1. The standard InChI is InChI=1S/C17H16BrNO4/c1-11(17(21)22)19-16(20)10-23-15-8-7-13(9-14(15)18)12-5-3-2-4-6-12/h2-9,11H,10H2,1H3,(H,19,20)(H,21,22)/t11-/m1/s1. The normalized spacial score (nSPS) is 11.6. The van der Waals surface area contributed by atoms with E-state index in [1.165, 1.54) is 6.92 Å². The average molecular weight is 378 g/mol. The first-order valence-corrected chi connectivity index (χ1v) is 7.76. The van der Waals surface area contributed by atoms with Crippen LogP contribution in [0.5, 0.6) is 5.75 Å². The molecule has 0 aliphatic carbocycles. The Morgan fingerprint density at radius 3 is 2.48 bits per heavy atom. The number of benzene rings is 2. The summed E-state index contributed by atoms with van der Waals surface area (Å²) < 4.78 is 6.14. The summed E-state index contributed by atoms with van der Waals surface area (Å²) in [7, 11) is 0. The summed E-state index contributed by atoms with van der Waals surface area (Å²) in [5, 5.41) is 11.1. The number of aliphatic carboxylic acids is 1. The second-order valence-corrected chi connectivity index (χ2v) is 5.78. The molecule has 2 aromatic carbocycles. The molecule has 2 rings (SSSR count). The first-order chi connectivity index (χ1) is 11.0. The van der Waals surface area contributed by atoms with E-state index in [1.807, 2.05) is 42.5 Å². The van der Waals surface area contributed by atoms with Crippen LogP contribution in [-0.2, 0) is 9.59 Å². The van der Waals surface area contributed by atoms with E-state index in [2.05, 4.69) is 21.2 Å². The van der Waals surface area contributed by atoms with E-state index in [4.69, 9.17) is 9.84 Å². The number of ether oxygens (including phenoxy) is 1. The molecule has 0 bridgehead atoms. The minimum atomic E-state index is -1.09. The molecule has 6 heteroatoms.